The van der Waals surface area contributed by atoms with Crippen LogP contribution in [0.3, 0.4) is 0 Å². The van der Waals surface area contributed by atoms with Crippen LogP contribution in [0.15, 0.2) is 24.3 Å². The molecule has 2 atom stereocenters. The Morgan fingerprint density at radius 3 is 2.93 bits per heavy atom. The average Bonchev–Trinajstić information content (AvgIpc) is 2.86. The van der Waals surface area contributed by atoms with Gasteiger partial charge in [-0.1, -0.05) is 31.9 Å². The van der Waals surface area contributed by atoms with Crippen molar-refractivity contribution in [3.8, 4) is 5.75 Å². The first kappa shape index (κ1) is 19.2. The van der Waals surface area contributed by atoms with Gasteiger partial charge in [-0.05, 0) is 43.4 Å². The van der Waals surface area contributed by atoms with Crippen LogP contribution < -0.4 is 15.4 Å². The third-order valence-electron chi connectivity index (χ3n) is 5.49. The summed E-state index contributed by atoms with van der Waals surface area (Å²) in [4.78, 5) is 38.3. The second-order valence-electron chi connectivity index (χ2n) is 7.45. The highest BCUT2D eigenvalue weighted by Crippen LogP contribution is 2.38. The number of ether oxygens (including phenoxy) is 1. The van der Waals surface area contributed by atoms with Crippen LogP contribution in [0.4, 0.5) is 4.79 Å². The van der Waals surface area contributed by atoms with Gasteiger partial charge >= 0.3 is 6.03 Å². The van der Waals surface area contributed by atoms with Gasteiger partial charge in [0.25, 0.3) is 5.91 Å². The number of carbonyl (C=O) groups is 3. The summed E-state index contributed by atoms with van der Waals surface area (Å²) >= 11 is 0. The van der Waals surface area contributed by atoms with Gasteiger partial charge < -0.3 is 15.4 Å². The first-order chi connectivity index (χ1) is 12.9. The summed E-state index contributed by atoms with van der Waals surface area (Å²) in [6, 6.07) is 7.18. The maximum absolute atomic E-state index is 12.8. The Balaban J connectivity index is 1.47. The molecule has 27 heavy (non-hydrogen) atoms. The summed E-state index contributed by atoms with van der Waals surface area (Å²) in [5, 5.41) is 5.55. The lowest BCUT2D eigenvalue weighted by molar-refractivity contribution is -0.137. The minimum Gasteiger partial charge on any atom is -0.492 e. The molecule has 3 rings (SSSR count). The van der Waals surface area contributed by atoms with Crippen molar-refractivity contribution in [2.75, 3.05) is 19.7 Å². The largest absolute Gasteiger partial charge is 0.492 e. The molecule has 1 saturated carbocycles. The smallest absolute Gasteiger partial charge is 0.325 e. The Labute approximate surface area is 159 Å². The van der Waals surface area contributed by atoms with Crippen LogP contribution >= 0.6 is 0 Å². The monoisotopic (exact) mass is 373 g/mol. The molecule has 2 fully saturated rings. The number of imide groups is 1. The maximum Gasteiger partial charge on any atom is 0.325 e. The van der Waals surface area contributed by atoms with Crippen LogP contribution in [0.5, 0.6) is 5.75 Å². The molecule has 0 bridgehead atoms. The van der Waals surface area contributed by atoms with Crippen LogP contribution in [-0.4, -0.2) is 48.0 Å². The first-order valence-corrected chi connectivity index (χ1v) is 9.52. The zero-order valence-electron chi connectivity index (χ0n) is 15.9. The topological polar surface area (TPSA) is 87.7 Å². The van der Waals surface area contributed by atoms with E-state index >= 15 is 0 Å². The zero-order chi connectivity index (χ0) is 19.4. The molecular weight excluding hydrogens is 346 g/mol. The number of carbonyl (C=O) groups excluding carboxylic acids is 3. The molecule has 0 unspecified atom stereocenters. The summed E-state index contributed by atoms with van der Waals surface area (Å²) in [7, 11) is 0. The molecule has 1 aliphatic carbocycles. The maximum atomic E-state index is 12.8. The van der Waals surface area contributed by atoms with E-state index < -0.39 is 11.6 Å². The highest BCUT2D eigenvalue weighted by molar-refractivity contribution is 6.09. The van der Waals surface area contributed by atoms with Crippen LogP contribution in [0.1, 0.15) is 38.2 Å². The lowest BCUT2D eigenvalue weighted by Gasteiger charge is -2.36. The molecule has 7 nitrogen and oxygen atoms in total. The van der Waals surface area contributed by atoms with Crippen LogP contribution in [0.25, 0.3) is 0 Å². The number of urea groups is 1. The van der Waals surface area contributed by atoms with Crippen molar-refractivity contribution in [1.82, 2.24) is 15.5 Å². The highest BCUT2D eigenvalue weighted by Gasteiger charge is 2.55. The second kappa shape index (κ2) is 7.98. The summed E-state index contributed by atoms with van der Waals surface area (Å²) in [6.07, 6.45) is 3.52. The van der Waals surface area contributed by atoms with Crippen molar-refractivity contribution in [1.29, 1.82) is 0 Å². The average molecular weight is 373 g/mol. The molecule has 1 spiro atoms. The van der Waals surface area contributed by atoms with Gasteiger partial charge in [0.15, 0.2) is 0 Å². The molecular formula is C20H27N3O4. The van der Waals surface area contributed by atoms with Crippen molar-refractivity contribution in [3.63, 3.8) is 0 Å². The third-order valence-corrected chi connectivity index (χ3v) is 5.49. The highest BCUT2D eigenvalue weighted by atomic mass is 16.5. The van der Waals surface area contributed by atoms with Crippen LogP contribution in [0, 0.1) is 12.8 Å². The van der Waals surface area contributed by atoms with E-state index in [1.165, 1.54) is 0 Å². The molecule has 1 aliphatic heterocycles. The number of nitrogens with zero attached hydrogens (tertiary/aromatic N) is 1. The number of hydrogen-bond donors (Lipinski definition) is 2. The van der Waals surface area contributed by atoms with Crippen molar-refractivity contribution in [2.45, 2.75) is 45.1 Å². The molecule has 7 heteroatoms. The van der Waals surface area contributed by atoms with Gasteiger partial charge in [0, 0.05) is 0 Å². The SMILES string of the molecule is Cc1cccc(OCCNC(=O)CN2C(=O)N[C@@]3(CCCC[C@@H]3C)C2=O)c1. The standard InChI is InChI=1S/C20H27N3O4/c1-14-6-5-8-16(12-14)27-11-10-21-17(24)13-23-18(25)20(22-19(23)26)9-4-3-7-15(20)2/h5-6,8,12,15H,3-4,7,9-11,13H2,1-2H3,(H,21,24)(H,22,26)/t15-,20+/m0/s1. The molecule has 1 heterocycles. The predicted molar refractivity (Wildman–Crippen MR) is 100 cm³/mol. The minimum atomic E-state index is -0.829. The molecule has 1 aromatic carbocycles. The van der Waals surface area contributed by atoms with E-state index in [4.69, 9.17) is 4.74 Å². The lowest BCUT2D eigenvalue weighted by atomic mass is 9.73. The summed E-state index contributed by atoms with van der Waals surface area (Å²) in [6.45, 7) is 4.33. The Bertz CT molecular complexity index is 736. The summed E-state index contributed by atoms with van der Waals surface area (Å²) in [5.74, 6) is 0.183. The predicted octanol–water partition coefficient (Wildman–Crippen LogP) is 1.99. The number of nitrogens with one attached hydrogen (secondary N) is 2. The molecule has 1 saturated heterocycles. The Morgan fingerprint density at radius 2 is 2.19 bits per heavy atom. The Morgan fingerprint density at radius 1 is 1.37 bits per heavy atom. The molecule has 1 aromatic rings. The minimum absolute atomic E-state index is 0.0819. The summed E-state index contributed by atoms with van der Waals surface area (Å²) in [5.41, 5.74) is 0.269. The molecule has 146 valence electrons. The number of hydrogen-bond acceptors (Lipinski definition) is 4. The van der Waals surface area contributed by atoms with Gasteiger partial charge in [-0.2, -0.15) is 0 Å². The van der Waals surface area contributed by atoms with E-state index in [1.54, 1.807) is 0 Å². The first-order valence-electron chi connectivity index (χ1n) is 9.52. The van der Waals surface area contributed by atoms with E-state index in [-0.39, 0.29) is 24.3 Å². The third kappa shape index (κ3) is 4.07. The van der Waals surface area contributed by atoms with Gasteiger partial charge in [-0.3, -0.25) is 14.5 Å². The molecule has 2 aliphatic rings. The van der Waals surface area contributed by atoms with Crippen molar-refractivity contribution in [2.24, 2.45) is 5.92 Å². The van der Waals surface area contributed by atoms with Crippen molar-refractivity contribution < 1.29 is 19.1 Å². The van der Waals surface area contributed by atoms with Crippen molar-refractivity contribution in [3.05, 3.63) is 29.8 Å². The second-order valence-corrected chi connectivity index (χ2v) is 7.45. The van der Waals surface area contributed by atoms with Crippen LogP contribution in [0.2, 0.25) is 0 Å². The van der Waals surface area contributed by atoms with E-state index in [0.717, 1.165) is 35.5 Å². The lowest BCUT2D eigenvalue weighted by Crippen LogP contribution is -2.54. The van der Waals surface area contributed by atoms with E-state index in [1.807, 2.05) is 38.1 Å². The number of aryl methyl sites for hydroxylation is 1. The molecule has 4 amide bonds. The number of rotatable bonds is 6. The Hall–Kier alpha value is -2.57. The molecule has 0 aromatic heterocycles. The number of amides is 4. The van der Waals surface area contributed by atoms with Gasteiger partial charge in [-0.25, -0.2) is 4.79 Å². The van der Waals surface area contributed by atoms with E-state index in [9.17, 15) is 14.4 Å². The Kier molecular flexibility index (Phi) is 5.68. The van der Waals surface area contributed by atoms with Gasteiger partial charge in [0.2, 0.25) is 5.91 Å². The van der Waals surface area contributed by atoms with Crippen LogP contribution in [-0.2, 0) is 9.59 Å². The fourth-order valence-electron chi connectivity index (χ4n) is 3.90. The fourth-order valence-corrected chi connectivity index (χ4v) is 3.90. The number of benzene rings is 1. The van der Waals surface area contributed by atoms with E-state index in [2.05, 4.69) is 10.6 Å². The quantitative estimate of drug-likeness (QED) is 0.590. The van der Waals surface area contributed by atoms with E-state index in [0.29, 0.717) is 19.6 Å². The van der Waals surface area contributed by atoms with Gasteiger partial charge in [-0.15, -0.1) is 0 Å². The van der Waals surface area contributed by atoms with Gasteiger partial charge in [0.1, 0.15) is 24.4 Å². The van der Waals surface area contributed by atoms with Crippen molar-refractivity contribution >= 4 is 17.8 Å². The molecule has 0 radical (unpaired) electrons. The summed E-state index contributed by atoms with van der Waals surface area (Å²) < 4.78 is 5.58. The fraction of sp³-hybridized carbons (Fsp3) is 0.550. The zero-order valence-corrected chi connectivity index (χ0v) is 15.9. The molecule has 2 N–H and O–H groups in total. The normalized spacial score (nSPS) is 24.8. The van der Waals surface area contributed by atoms with Gasteiger partial charge in [0.05, 0.1) is 6.54 Å².